The first-order valence-electron chi connectivity index (χ1n) is 9.18. The van der Waals surface area contributed by atoms with E-state index in [0.29, 0.717) is 23.7 Å². The molecule has 0 aliphatic carbocycles. The van der Waals surface area contributed by atoms with E-state index in [1.54, 1.807) is 6.20 Å². The van der Waals surface area contributed by atoms with Gasteiger partial charge in [0.05, 0.1) is 17.5 Å². The summed E-state index contributed by atoms with van der Waals surface area (Å²) in [6.45, 7) is 8.02. The van der Waals surface area contributed by atoms with Crippen LogP contribution in [0.2, 0.25) is 0 Å². The summed E-state index contributed by atoms with van der Waals surface area (Å²) >= 11 is 0. The first-order valence-corrected chi connectivity index (χ1v) is 9.18. The zero-order valence-electron chi connectivity index (χ0n) is 16.0. The predicted molar refractivity (Wildman–Crippen MR) is 102 cm³/mol. The minimum absolute atomic E-state index is 0.187. The molecule has 2 aromatic rings. The highest BCUT2D eigenvalue weighted by molar-refractivity contribution is 5.91. The molecule has 27 heavy (non-hydrogen) atoms. The van der Waals surface area contributed by atoms with Gasteiger partial charge in [0.1, 0.15) is 17.6 Å². The second-order valence-corrected chi connectivity index (χ2v) is 7.07. The monoisotopic (exact) mass is 364 g/mol. The third-order valence-corrected chi connectivity index (χ3v) is 4.92. The van der Waals surface area contributed by atoms with Crippen LogP contribution in [0.15, 0.2) is 18.5 Å². The number of nitrogens with zero attached hydrogens (tertiary/aromatic N) is 5. The summed E-state index contributed by atoms with van der Waals surface area (Å²) in [5.74, 6) is 1.00. The maximum Gasteiger partial charge on any atom is 0.271 e. The number of rotatable bonds is 4. The van der Waals surface area contributed by atoms with E-state index in [1.807, 2.05) is 26.8 Å². The molecule has 7 heteroatoms. The number of carbonyl (C=O) groups is 1. The highest BCUT2D eigenvalue weighted by Gasteiger charge is 2.23. The van der Waals surface area contributed by atoms with E-state index in [4.69, 9.17) is 0 Å². The Morgan fingerprint density at radius 3 is 2.59 bits per heavy atom. The number of piperidine rings is 1. The summed E-state index contributed by atoms with van der Waals surface area (Å²) in [6, 6.07) is 4.23. The van der Waals surface area contributed by atoms with Crippen molar-refractivity contribution in [2.45, 2.75) is 33.6 Å². The second kappa shape index (κ2) is 8.12. The number of carbonyl (C=O) groups excluding carboxylic acids is 1. The molecule has 0 aromatic carbocycles. The van der Waals surface area contributed by atoms with Crippen LogP contribution in [0.1, 0.15) is 45.8 Å². The molecule has 1 aliphatic heterocycles. The Morgan fingerprint density at radius 2 is 1.96 bits per heavy atom. The molecule has 7 nitrogen and oxygen atoms in total. The normalized spacial score (nSPS) is 14.7. The van der Waals surface area contributed by atoms with Crippen molar-refractivity contribution in [2.24, 2.45) is 5.92 Å². The van der Waals surface area contributed by atoms with Crippen LogP contribution in [-0.4, -0.2) is 40.5 Å². The molecule has 0 atom stereocenters. The zero-order valence-corrected chi connectivity index (χ0v) is 16.0. The van der Waals surface area contributed by atoms with Gasteiger partial charge in [-0.1, -0.05) is 0 Å². The van der Waals surface area contributed by atoms with Gasteiger partial charge in [-0.2, -0.15) is 5.26 Å². The topological polar surface area (TPSA) is 94.8 Å². The highest BCUT2D eigenvalue weighted by Crippen LogP contribution is 2.26. The van der Waals surface area contributed by atoms with Gasteiger partial charge in [-0.05, 0) is 51.2 Å². The molecule has 0 radical (unpaired) electrons. The summed E-state index contributed by atoms with van der Waals surface area (Å²) in [4.78, 5) is 27.2. The summed E-state index contributed by atoms with van der Waals surface area (Å²) in [6.07, 6.45) is 4.98. The van der Waals surface area contributed by atoms with Crippen molar-refractivity contribution in [3.63, 3.8) is 0 Å². The van der Waals surface area contributed by atoms with E-state index in [9.17, 15) is 10.1 Å². The predicted octanol–water partition coefficient (Wildman–Crippen LogP) is 2.31. The van der Waals surface area contributed by atoms with Gasteiger partial charge in [-0.25, -0.2) is 9.97 Å². The summed E-state index contributed by atoms with van der Waals surface area (Å²) in [7, 11) is 0. The maximum absolute atomic E-state index is 12.2. The fourth-order valence-electron chi connectivity index (χ4n) is 3.37. The maximum atomic E-state index is 12.2. The molecule has 0 saturated carbocycles. The number of amides is 1. The van der Waals surface area contributed by atoms with Gasteiger partial charge in [0.15, 0.2) is 0 Å². The zero-order chi connectivity index (χ0) is 19.4. The third-order valence-electron chi connectivity index (χ3n) is 4.92. The largest absolute Gasteiger partial charge is 0.355 e. The Hall–Kier alpha value is -3.01. The Labute approximate surface area is 159 Å². The van der Waals surface area contributed by atoms with Crippen molar-refractivity contribution in [3.8, 4) is 6.07 Å². The fraction of sp³-hybridized carbons (Fsp3) is 0.450. The van der Waals surface area contributed by atoms with Gasteiger partial charge in [-0.3, -0.25) is 9.78 Å². The minimum atomic E-state index is -0.187. The molecule has 0 unspecified atom stereocenters. The molecular formula is C20H24N6O. The van der Waals surface area contributed by atoms with E-state index in [0.717, 1.165) is 48.7 Å². The Morgan fingerprint density at radius 1 is 1.22 bits per heavy atom. The lowest BCUT2D eigenvalue weighted by Gasteiger charge is -2.33. The van der Waals surface area contributed by atoms with Gasteiger partial charge in [0, 0.05) is 31.5 Å². The smallest absolute Gasteiger partial charge is 0.271 e. The van der Waals surface area contributed by atoms with E-state index in [-0.39, 0.29) is 5.91 Å². The molecule has 1 saturated heterocycles. The molecule has 3 heterocycles. The summed E-state index contributed by atoms with van der Waals surface area (Å²) < 4.78 is 0. The number of aromatic nitrogens is 3. The lowest BCUT2D eigenvalue weighted by molar-refractivity contribution is 0.0939. The average Bonchev–Trinajstić information content (AvgIpc) is 2.66. The van der Waals surface area contributed by atoms with Crippen LogP contribution in [0, 0.1) is 38.0 Å². The first kappa shape index (κ1) is 18.8. The van der Waals surface area contributed by atoms with Crippen LogP contribution < -0.4 is 10.2 Å². The molecule has 1 aliphatic rings. The van der Waals surface area contributed by atoms with Crippen molar-refractivity contribution in [1.82, 2.24) is 20.3 Å². The summed E-state index contributed by atoms with van der Waals surface area (Å²) in [5, 5.41) is 12.4. The van der Waals surface area contributed by atoms with E-state index in [1.165, 1.54) is 6.20 Å². The third kappa shape index (κ3) is 4.40. The fourth-order valence-corrected chi connectivity index (χ4v) is 3.37. The lowest BCUT2D eigenvalue weighted by Crippen LogP contribution is -2.39. The van der Waals surface area contributed by atoms with Crippen molar-refractivity contribution in [3.05, 3.63) is 46.7 Å². The molecule has 1 fully saturated rings. The molecule has 2 aromatic heterocycles. The summed E-state index contributed by atoms with van der Waals surface area (Å²) in [5.41, 5.74) is 3.68. The van der Waals surface area contributed by atoms with Crippen LogP contribution in [0.5, 0.6) is 0 Å². The van der Waals surface area contributed by atoms with Crippen LogP contribution in [-0.2, 0) is 0 Å². The molecule has 3 rings (SSSR count). The number of aryl methyl sites for hydroxylation is 3. The number of nitriles is 1. The Balaban J connectivity index is 1.56. The van der Waals surface area contributed by atoms with Crippen LogP contribution in [0.3, 0.4) is 0 Å². The van der Waals surface area contributed by atoms with Crippen molar-refractivity contribution >= 4 is 11.7 Å². The van der Waals surface area contributed by atoms with Crippen LogP contribution in [0.25, 0.3) is 0 Å². The SMILES string of the molecule is Cc1cnc(C(=O)NCC2CCN(c3nc(C)cc(C)c3C#N)CC2)cn1. The molecule has 1 N–H and O–H groups in total. The molecule has 0 bridgehead atoms. The number of hydrogen-bond acceptors (Lipinski definition) is 6. The Bertz CT molecular complexity index is 863. The van der Waals surface area contributed by atoms with E-state index < -0.39 is 0 Å². The Kier molecular flexibility index (Phi) is 5.65. The number of pyridine rings is 1. The van der Waals surface area contributed by atoms with Crippen molar-refractivity contribution in [1.29, 1.82) is 5.26 Å². The van der Waals surface area contributed by atoms with Gasteiger partial charge in [0.25, 0.3) is 5.91 Å². The van der Waals surface area contributed by atoms with Gasteiger partial charge in [-0.15, -0.1) is 0 Å². The van der Waals surface area contributed by atoms with Crippen LogP contribution in [0.4, 0.5) is 5.82 Å². The first-order chi connectivity index (χ1) is 13.0. The van der Waals surface area contributed by atoms with Gasteiger partial charge in [0.2, 0.25) is 0 Å². The number of anilines is 1. The van der Waals surface area contributed by atoms with Gasteiger partial charge < -0.3 is 10.2 Å². The molecular weight excluding hydrogens is 340 g/mol. The minimum Gasteiger partial charge on any atom is -0.355 e. The lowest BCUT2D eigenvalue weighted by atomic mass is 9.96. The molecule has 140 valence electrons. The molecule has 1 amide bonds. The average molecular weight is 364 g/mol. The standard InChI is InChI=1S/C20H24N6O/c1-13-8-14(2)25-19(17(13)9-21)26-6-4-16(5-7-26)11-24-20(27)18-12-22-15(3)10-23-18/h8,10,12,16H,4-7,11H2,1-3H3,(H,24,27). The number of nitrogens with one attached hydrogen (secondary N) is 1. The van der Waals surface area contributed by atoms with Gasteiger partial charge >= 0.3 is 0 Å². The molecule has 0 spiro atoms. The van der Waals surface area contributed by atoms with Crippen LogP contribution >= 0.6 is 0 Å². The van der Waals surface area contributed by atoms with E-state index in [2.05, 4.69) is 31.2 Å². The second-order valence-electron chi connectivity index (χ2n) is 7.07. The number of hydrogen-bond donors (Lipinski definition) is 1. The van der Waals surface area contributed by atoms with Crippen molar-refractivity contribution in [2.75, 3.05) is 24.5 Å². The van der Waals surface area contributed by atoms with E-state index >= 15 is 0 Å². The highest BCUT2D eigenvalue weighted by atomic mass is 16.1. The quantitative estimate of drug-likeness (QED) is 0.894. The van der Waals surface area contributed by atoms with Crippen molar-refractivity contribution < 1.29 is 4.79 Å².